The summed E-state index contributed by atoms with van der Waals surface area (Å²) in [6.07, 6.45) is 4.29. The van der Waals surface area contributed by atoms with Crippen LogP contribution in [0.5, 0.6) is 0 Å². The normalized spacial score (nSPS) is 18.0. The molecule has 1 fully saturated rings. The monoisotopic (exact) mass is 299 g/mol. The number of rotatable bonds is 8. The fourth-order valence-corrected chi connectivity index (χ4v) is 2.83. The Morgan fingerprint density at radius 3 is 2.75 bits per heavy atom. The second kappa shape index (κ2) is 7.39. The van der Waals surface area contributed by atoms with Crippen molar-refractivity contribution in [1.29, 1.82) is 0 Å². The van der Waals surface area contributed by atoms with E-state index in [-0.39, 0.29) is 18.0 Å². The zero-order valence-electron chi connectivity index (χ0n) is 12.2. The predicted molar refractivity (Wildman–Crippen MR) is 80.7 cm³/mol. The van der Waals surface area contributed by atoms with Gasteiger partial charge < -0.3 is 10.1 Å². The second-order valence-corrected chi connectivity index (χ2v) is 5.97. The number of hydrogen-bond acceptors (Lipinski definition) is 2. The highest BCUT2D eigenvalue weighted by Crippen LogP contribution is 2.36. The quantitative estimate of drug-likeness (QED) is 0.788. The minimum Gasteiger partial charge on any atom is -0.380 e. The average molecular weight is 300 g/mol. The van der Waals surface area contributed by atoms with E-state index in [2.05, 4.69) is 12.2 Å². The van der Waals surface area contributed by atoms with Crippen molar-refractivity contribution < 1.29 is 9.13 Å². The first-order valence-electron chi connectivity index (χ1n) is 7.35. The third-order valence-corrected chi connectivity index (χ3v) is 4.10. The molecule has 0 aromatic heterocycles. The van der Waals surface area contributed by atoms with Gasteiger partial charge in [0, 0.05) is 18.2 Å². The lowest BCUT2D eigenvalue weighted by molar-refractivity contribution is 0.0509. The Morgan fingerprint density at radius 1 is 1.45 bits per heavy atom. The van der Waals surface area contributed by atoms with Gasteiger partial charge in [-0.25, -0.2) is 4.39 Å². The Labute approximate surface area is 125 Å². The fraction of sp³-hybridized carbons (Fsp3) is 0.625. The molecular weight excluding hydrogens is 277 g/mol. The molecule has 2 nitrogen and oxygen atoms in total. The first-order valence-corrected chi connectivity index (χ1v) is 7.73. The SMILES string of the molecule is CCCNC(Cc1ccc(Cl)cc1F)C(OC)C1CC1. The van der Waals surface area contributed by atoms with E-state index in [0.717, 1.165) is 13.0 Å². The third-order valence-electron chi connectivity index (χ3n) is 3.87. The molecule has 0 saturated heterocycles. The smallest absolute Gasteiger partial charge is 0.127 e. The van der Waals surface area contributed by atoms with Crippen LogP contribution in [-0.2, 0) is 11.2 Å². The molecule has 112 valence electrons. The Bertz CT molecular complexity index is 436. The molecule has 20 heavy (non-hydrogen) atoms. The van der Waals surface area contributed by atoms with Gasteiger partial charge in [-0.3, -0.25) is 0 Å². The molecule has 1 aromatic carbocycles. The molecule has 0 aliphatic heterocycles. The van der Waals surface area contributed by atoms with Gasteiger partial charge in [0.25, 0.3) is 0 Å². The van der Waals surface area contributed by atoms with Crippen molar-refractivity contribution >= 4 is 11.6 Å². The number of hydrogen-bond donors (Lipinski definition) is 1. The molecule has 1 aliphatic carbocycles. The second-order valence-electron chi connectivity index (χ2n) is 5.54. The molecule has 2 atom stereocenters. The summed E-state index contributed by atoms with van der Waals surface area (Å²) in [6, 6.07) is 5.06. The maximum Gasteiger partial charge on any atom is 0.127 e. The maximum atomic E-state index is 14.0. The molecular formula is C16H23ClFNO. The van der Waals surface area contributed by atoms with E-state index in [4.69, 9.17) is 16.3 Å². The minimum atomic E-state index is -0.230. The predicted octanol–water partition coefficient (Wildman–Crippen LogP) is 3.81. The largest absolute Gasteiger partial charge is 0.380 e. The topological polar surface area (TPSA) is 21.3 Å². The van der Waals surface area contributed by atoms with Gasteiger partial charge in [-0.15, -0.1) is 0 Å². The zero-order chi connectivity index (χ0) is 14.5. The van der Waals surface area contributed by atoms with Crippen LogP contribution in [0.4, 0.5) is 4.39 Å². The Balaban J connectivity index is 2.09. The lowest BCUT2D eigenvalue weighted by Gasteiger charge is -2.27. The summed E-state index contributed by atoms with van der Waals surface area (Å²) in [5, 5.41) is 3.95. The summed E-state index contributed by atoms with van der Waals surface area (Å²) in [5.41, 5.74) is 0.700. The number of ether oxygens (including phenoxy) is 1. The van der Waals surface area contributed by atoms with Crippen molar-refractivity contribution in [1.82, 2.24) is 5.32 Å². The van der Waals surface area contributed by atoms with E-state index in [1.165, 1.54) is 18.9 Å². The molecule has 0 radical (unpaired) electrons. The maximum absolute atomic E-state index is 14.0. The molecule has 0 amide bonds. The van der Waals surface area contributed by atoms with Crippen LogP contribution >= 0.6 is 11.6 Å². The molecule has 2 unspecified atom stereocenters. The van der Waals surface area contributed by atoms with Crippen LogP contribution in [0.25, 0.3) is 0 Å². The van der Waals surface area contributed by atoms with Crippen LogP contribution in [0.1, 0.15) is 31.7 Å². The van der Waals surface area contributed by atoms with E-state index in [9.17, 15) is 4.39 Å². The first kappa shape index (κ1) is 15.7. The van der Waals surface area contributed by atoms with Gasteiger partial charge in [0.2, 0.25) is 0 Å². The van der Waals surface area contributed by atoms with E-state index in [1.54, 1.807) is 19.2 Å². The first-order chi connectivity index (χ1) is 9.65. The van der Waals surface area contributed by atoms with Crippen LogP contribution in [0.15, 0.2) is 18.2 Å². The number of methoxy groups -OCH3 is 1. The van der Waals surface area contributed by atoms with E-state index < -0.39 is 0 Å². The van der Waals surface area contributed by atoms with Crippen molar-refractivity contribution in [3.8, 4) is 0 Å². The van der Waals surface area contributed by atoms with Crippen LogP contribution in [0, 0.1) is 11.7 Å². The summed E-state index contributed by atoms with van der Waals surface area (Å²) in [4.78, 5) is 0. The van der Waals surface area contributed by atoms with Gasteiger partial charge >= 0.3 is 0 Å². The van der Waals surface area contributed by atoms with Gasteiger partial charge in [-0.1, -0.05) is 24.6 Å². The molecule has 1 aromatic rings. The molecule has 0 spiro atoms. The van der Waals surface area contributed by atoms with Crippen molar-refractivity contribution in [3.05, 3.63) is 34.6 Å². The zero-order valence-corrected chi connectivity index (χ0v) is 12.9. The van der Waals surface area contributed by atoms with Gasteiger partial charge in [0.1, 0.15) is 5.82 Å². The van der Waals surface area contributed by atoms with Crippen LogP contribution in [0.2, 0.25) is 5.02 Å². The van der Waals surface area contributed by atoms with Crippen LogP contribution in [-0.4, -0.2) is 25.8 Å². The van der Waals surface area contributed by atoms with Gasteiger partial charge in [0.05, 0.1) is 6.10 Å². The van der Waals surface area contributed by atoms with E-state index >= 15 is 0 Å². The third kappa shape index (κ3) is 4.18. The van der Waals surface area contributed by atoms with Gasteiger partial charge in [0.15, 0.2) is 0 Å². The highest BCUT2D eigenvalue weighted by molar-refractivity contribution is 6.30. The summed E-state index contributed by atoms with van der Waals surface area (Å²) in [7, 11) is 1.75. The molecule has 0 bridgehead atoms. The van der Waals surface area contributed by atoms with E-state index in [0.29, 0.717) is 22.9 Å². The van der Waals surface area contributed by atoms with Crippen LogP contribution in [0.3, 0.4) is 0 Å². The lowest BCUT2D eigenvalue weighted by atomic mass is 9.97. The van der Waals surface area contributed by atoms with Crippen molar-refractivity contribution in [2.75, 3.05) is 13.7 Å². The van der Waals surface area contributed by atoms with Crippen LogP contribution < -0.4 is 5.32 Å². The number of halogens is 2. The molecule has 4 heteroatoms. The summed E-state index contributed by atoms with van der Waals surface area (Å²) in [5.74, 6) is 0.385. The van der Waals surface area contributed by atoms with Gasteiger partial charge in [-0.2, -0.15) is 0 Å². The number of nitrogens with one attached hydrogen (secondary N) is 1. The highest BCUT2D eigenvalue weighted by Gasteiger charge is 2.36. The molecule has 2 rings (SSSR count). The standard InChI is InChI=1S/C16H23ClFNO/c1-3-8-19-15(16(20-2)11-4-5-11)9-12-6-7-13(17)10-14(12)18/h6-7,10-11,15-16,19H,3-5,8-9H2,1-2H3. The van der Waals surface area contributed by atoms with Crippen molar-refractivity contribution in [2.45, 2.75) is 44.8 Å². The Hall–Kier alpha value is -0.640. The number of benzene rings is 1. The minimum absolute atomic E-state index is 0.156. The molecule has 1 saturated carbocycles. The van der Waals surface area contributed by atoms with Crippen molar-refractivity contribution in [3.63, 3.8) is 0 Å². The summed E-state index contributed by atoms with van der Waals surface area (Å²) < 4.78 is 19.6. The average Bonchev–Trinajstić information content (AvgIpc) is 3.24. The molecule has 1 N–H and O–H groups in total. The van der Waals surface area contributed by atoms with E-state index in [1.807, 2.05) is 0 Å². The fourth-order valence-electron chi connectivity index (χ4n) is 2.67. The summed E-state index contributed by atoms with van der Waals surface area (Å²) >= 11 is 5.81. The highest BCUT2D eigenvalue weighted by atomic mass is 35.5. The Morgan fingerprint density at radius 2 is 2.20 bits per heavy atom. The molecule has 1 aliphatic rings. The Kier molecular flexibility index (Phi) is 5.82. The van der Waals surface area contributed by atoms with Gasteiger partial charge in [-0.05, 0) is 55.8 Å². The molecule has 0 heterocycles. The summed E-state index contributed by atoms with van der Waals surface area (Å²) in [6.45, 7) is 3.05. The lowest BCUT2D eigenvalue weighted by Crippen LogP contribution is -2.44. The van der Waals surface area contributed by atoms with Crippen molar-refractivity contribution in [2.24, 2.45) is 5.92 Å².